The first kappa shape index (κ1) is 16.2. The van der Waals surface area contributed by atoms with Gasteiger partial charge in [-0.15, -0.1) is 0 Å². The third-order valence-corrected chi connectivity index (χ3v) is 3.92. The minimum Gasteiger partial charge on any atom is -0.482 e. The molecule has 0 fully saturated rings. The number of ether oxygens (including phenoxy) is 1. The van der Waals surface area contributed by atoms with Crippen molar-refractivity contribution in [1.82, 2.24) is 9.97 Å². The summed E-state index contributed by atoms with van der Waals surface area (Å²) in [5.74, 6) is 0.284. The number of benzene rings is 1. The molecule has 3 aromatic rings. The van der Waals surface area contributed by atoms with Gasteiger partial charge in [0.25, 0.3) is 0 Å². The lowest BCUT2D eigenvalue weighted by atomic mass is 10.1. The number of nitrogens with two attached hydrogens (primary N) is 1. The average Bonchev–Trinajstić information content (AvgIpc) is 2.59. The summed E-state index contributed by atoms with van der Waals surface area (Å²) in [6, 6.07) is 9.68. The molecule has 0 aliphatic rings. The number of nitrogens with zero attached hydrogens (tertiary/aromatic N) is 2. The second-order valence-electron chi connectivity index (χ2n) is 5.27. The van der Waals surface area contributed by atoms with Gasteiger partial charge in [-0.2, -0.15) is 0 Å². The van der Waals surface area contributed by atoms with Crippen LogP contribution < -0.4 is 10.5 Å². The zero-order valence-electron chi connectivity index (χ0n) is 12.9. The van der Waals surface area contributed by atoms with Crippen LogP contribution in [0.2, 0.25) is 5.02 Å². The van der Waals surface area contributed by atoms with Gasteiger partial charge in [0.1, 0.15) is 11.9 Å². The van der Waals surface area contributed by atoms with Crippen LogP contribution in [0, 0.1) is 5.82 Å². The number of halogens is 2. The summed E-state index contributed by atoms with van der Waals surface area (Å²) < 4.78 is 19.3. The molecule has 0 saturated heterocycles. The molecule has 2 aromatic heterocycles. The van der Waals surface area contributed by atoms with Crippen LogP contribution in [0.25, 0.3) is 11.1 Å². The Hall–Kier alpha value is -2.66. The van der Waals surface area contributed by atoms with Crippen LogP contribution in [0.3, 0.4) is 0 Å². The van der Waals surface area contributed by atoms with Crippen molar-refractivity contribution in [1.29, 1.82) is 0 Å². The summed E-state index contributed by atoms with van der Waals surface area (Å²) >= 11 is 6.12. The monoisotopic (exact) mass is 343 g/mol. The maximum absolute atomic E-state index is 13.5. The van der Waals surface area contributed by atoms with E-state index in [1.54, 1.807) is 31.6 Å². The van der Waals surface area contributed by atoms with E-state index in [1.807, 2.05) is 12.1 Å². The van der Waals surface area contributed by atoms with E-state index in [1.165, 1.54) is 18.2 Å². The van der Waals surface area contributed by atoms with E-state index in [2.05, 4.69) is 9.97 Å². The van der Waals surface area contributed by atoms with Crippen molar-refractivity contribution in [2.24, 2.45) is 0 Å². The molecule has 122 valence electrons. The highest BCUT2D eigenvalue weighted by atomic mass is 35.5. The standard InChI is InChI=1S/C18H15ClFN3O/c1-11(15-8-14(20)4-5-16(15)19)24-17-7-13(10-23-18(17)21)12-3-2-6-22-9-12/h2-11H,1H3,(H2,21,23). The number of hydrogen-bond donors (Lipinski definition) is 1. The highest BCUT2D eigenvalue weighted by Crippen LogP contribution is 2.32. The molecular formula is C18H15ClFN3O. The predicted molar refractivity (Wildman–Crippen MR) is 92.3 cm³/mol. The molecule has 1 aromatic carbocycles. The molecule has 0 amide bonds. The van der Waals surface area contributed by atoms with E-state index >= 15 is 0 Å². The molecule has 6 heteroatoms. The van der Waals surface area contributed by atoms with Crippen molar-refractivity contribution in [2.75, 3.05) is 5.73 Å². The molecule has 1 unspecified atom stereocenters. The summed E-state index contributed by atoms with van der Waals surface area (Å²) in [7, 11) is 0. The molecule has 0 saturated carbocycles. The van der Waals surface area contributed by atoms with Crippen LogP contribution >= 0.6 is 11.6 Å². The van der Waals surface area contributed by atoms with E-state index in [-0.39, 0.29) is 11.6 Å². The summed E-state index contributed by atoms with van der Waals surface area (Å²) in [6.45, 7) is 1.77. The fraction of sp³-hybridized carbons (Fsp3) is 0.111. The molecule has 0 radical (unpaired) electrons. The van der Waals surface area contributed by atoms with Gasteiger partial charge in [0, 0.05) is 40.3 Å². The fourth-order valence-electron chi connectivity index (χ4n) is 2.32. The van der Waals surface area contributed by atoms with Crippen molar-refractivity contribution in [3.05, 3.63) is 71.4 Å². The largest absolute Gasteiger partial charge is 0.482 e. The number of nitrogen functional groups attached to an aromatic ring is 1. The minimum atomic E-state index is -0.485. The first-order valence-corrected chi connectivity index (χ1v) is 7.70. The number of aromatic nitrogens is 2. The minimum absolute atomic E-state index is 0.252. The van der Waals surface area contributed by atoms with Gasteiger partial charge in [-0.05, 0) is 37.3 Å². The maximum Gasteiger partial charge on any atom is 0.166 e. The normalized spacial score (nSPS) is 12.0. The van der Waals surface area contributed by atoms with Crippen molar-refractivity contribution in [3.63, 3.8) is 0 Å². The second kappa shape index (κ2) is 6.84. The third kappa shape index (κ3) is 3.46. The average molecular weight is 344 g/mol. The molecule has 0 aliphatic heterocycles. The second-order valence-corrected chi connectivity index (χ2v) is 5.68. The van der Waals surface area contributed by atoms with Crippen LogP contribution in [0.4, 0.5) is 10.2 Å². The number of anilines is 1. The summed E-state index contributed by atoms with van der Waals surface area (Å²) in [5, 5.41) is 0.429. The highest BCUT2D eigenvalue weighted by molar-refractivity contribution is 6.31. The Morgan fingerprint density at radius 3 is 2.75 bits per heavy atom. The highest BCUT2D eigenvalue weighted by Gasteiger charge is 2.15. The molecular weight excluding hydrogens is 329 g/mol. The van der Waals surface area contributed by atoms with Crippen molar-refractivity contribution < 1.29 is 9.13 Å². The van der Waals surface area contributed by atoms with Gasteiger partial charge >= 0.3 is 0 Å². The number of pyridine rings is 2. The topological polar surface area (TPSA) is 61.0 Å². The Morgan fingerprint density at radius 1 is 1.17 bits per heavy atom. The van der Waals surface area contributed by atoms with Crippen molar-refractivity contribution in [2.45, 2.75) is 13.0 Å². The Balaban J connectivity index is 1.91. The predicted octanol–water partition coefficient (Wildman–Crippen LogP) is 4.66. The zero-order chi connectivity index (χ0) is 17.1. The summed E-state index contributed by atoms with van der Waals surface area (Å²) in [4.78, 5) is 8.24. The molecule has 4 nitrogen and oxygen atoms in total. The van der Waals surface area contributed by atoms with Gasteiger partial charge in [0.15, 0.2) is 11.6 Å². The van der Waals surface area contributed by atoms with Crippen LogP contribution in [0.1, 0.15) is 18.6 Å². The van der Waals surface area contributed by atoms with Gasteiger partial charge < -0.3 is 10.5 Å². The van der Waals surface area contributed by atoms with Crippen LogP contribution in [-0.4, -0.2) is 9.97 Å². The molecule has 24 heavy (non-hydrogen) atoms. The van der Waals surface area contributed by atoms with Crippen LogP contribution in [0.15, 0.2) is 55.0 Å². The molecule has 0 spiro atoms. The molecule has 3 rings (SSSR count). The maximum atomic E-state index is 13.5. The van der Waals surface area contributed by atoms with E-state index in [0.717, 1.165) is 11.1 Å². The smallest absolute Gasteiger partial charge is 0.166 e. The Kier molecular flexibility index (Phi) is 4.62. The van der Waals surface area contributed by atoms with E-state index in [4.69, 9.17) is 22.1 Å². The lowest BCUT2D eigenvalue weighted by Crippen LogP contribution is -2.07. The summed E-state index contributed by atoms with van der Waals surface area (Å²) in [6.07, 6.45) is 4.59. The van der Waals surface area contributed by atoms with E-state index in [0.29, 0.717) is 16.3 Å². The molecule has 2 N–H and O–H groups in total. The SMILES string of the molecule is CC(Oc1cc(-c2cccnc2)cnc1N)c1cc(F)ccc1Cl. The van der Waals surface area contributed by atoms with E-state index < -0.39 is 6.10 Å². The van der Waals surface area contributed by atoms with Gasteiger partial charge in [-0.25, -0.2) is 9.37 Å². The first-order chi connectivity index (χ1) is 11.5. The van der Waals surface area contributed by atoms with Gasteiger partial charge in [0.2, 0.25) is 0 Å². The van der Waals surface area contributed by atoms with Gasteiger partial charge in [-0.1, -0.05) is 17.7 Å². The molecule has 2 heterocycles. The van der Waals surface area contributed by atoms with Crippen molar-refractivity contribution in [3.8, 4) is 16.9 Å². The molecule has 1 atom stereocenters. The molecule has 0 bridgehead atoms. The lowest BCUT2D eigenvalue weighted by molar-refractivity contribution is 0.227. The zero-order valence-corrected chi connectivity index (χ0v) is 13.7. The first-order valence-electron chi connectivity index (χ1n) is 7.32. The Bertz CT molecular complexity index is 858. The molecule has 0 aliphatic carbocycles. The quantitative estimate of drug-likeness (QED) is 0.748. The Morgan fingerprint density at radius 2 is 2.00 bits per heavy atom. The Labute approximate surface area is 144 Å². The summed E-state index contributed by atoms with van der Waals surface area (Å²) in [5.41, 5.74) is 8.17. The van der Waals surface area contributed by atoms with Gasteiger partial charge in [-0.3, -0.25) is 4.98 Å². The van der Waals surface area contributed by atoms with E-state index in [9.17, 15) is 4.39 Å². The lowest BCUT2D eigenvalue weighted by Gasteiger charge is -2.18. The fourth-order valence-corrected chi connectivity index (χ4v) is 2.59. The van der Waals surface area contributed by atoms with Crippen LogP contribution in [0.5, 0.6) is 5.75 Å². The van der Waals surface area contributed by atoms with Gasteiger partial charge in [0.05, 0.1) is 0 Å². The number of hydrogen-bond acceptors (Lipinski definition) is 4. The number of rotatable bonds is 4. The van der Waals surface area contributed by atoms with Crippen LogP contribution in [-0.2, 0) is 0 Å². The van der Waals surface area contributed by atoms with Crippen molar-refractivity contribution >= 4 is 17.4 Å². The third-order valence-electron chi connectivity index (χ3n) is 3.58.